The lowest BCUT2D eigenvalue weighted by Gasteiger charge is -2.17. The number of aliphatic hydroxyl groups is 1. The average molecular weight is 233 g/mol. The predicted molar refractivity (Wildman–Crippen MR) is 63.2 cm³/mol. The molecule has 5 heteroatoms. The first-order valence-corrected chi connectivity index (χ1v) is 5.30. The minimum absolute atomic E-state index is 0.641. The van der Waals surface area contributed by atoms with Crippen LogP contribution in [-0.4, -0.2) is 27.2 Å². The van der Waals surface area contributed by atoms with E-state index in [1.807, 2.05) is 24.3 Å². The maximum Gasteiger partial charge on any atom is 0.119 e. The molecule has 1 aromatic heterocycles. The number of hydrogen-bond donors (Lipinski definition) is 1. The first-order chi connectivity index (χ1) is 8.02. The van der Waals surface area contributed by atoms with Crippen molar-refractivity contribution < 1.29 is 9.84 Å². The SMILES string of the molecule is COc1ccc(-n2nncc2C(C)(C)O)cc1. The van der Waals surface area contributed by atoms with Gasteiger partial charge >= 0.3 is 0 Å². The molecule has 1 aromatic carbocycles. The molecule has 0 unspecified atom stereocenters. The van der Waals surface area contributed by atoms with Crippen LogP contribution in [0.1, 0.15) is 19.5 Å². The Balaban J connectivity index is 2.43. The highest BCUT2D eigenvalue weighted by Gasteiger charge is 2.22. The van der Waals surface area contributed by atoms with Gasteiger partial charge in [0.05, 0.1) is 24.7 Å². The van der Waals surface area contributed by atoms with Crippen LogP contribution in [0.4, 0.5) is 0 Å². The molecule has 0 atom stereocenters. The Morgan fingerprint density at radius 3 is 2.41 bits per heavy atom. The summed E-state index contributed by atoms with van der Waals surface area (Å²) in [4.78, 5) is 0. The van der Waals surface area contributed by atoms with Gasteiger partial charge in [0.2, 0.25) is 0 Å². The van der Waals surface area contributed by atoms with E-state index in [-0.39, 0.29) is 0 Å². The Kier molecular flexibility index (Phi) is 2.85. The van der Waals surface area contributed by atoms with Gasteiger partial charge in [-0.1, -0.05) is 5.21 Å². The third kappa shape index (κ3) is 2.29. The van der Waals surface area contributed by atoms with Gasteiger partial charge in [-0.25, -0.2) is 4.68 Å². The number of rotatable bonds is 3. The monoisotopic (exact) mass is 233 g/mol. The van der Waals surface area contributed by atoms with E-state index in [2.05, 4.69) is 10.3 Å². The molecule has 2 aromatic rings. The smallest absolute Gasteiger partial charge is 0.119 e. The van der Waals surface area contributed by atoms with E-state index in [9.17, 15) is 5.11 Å². The predicted octanol–water partition coefficient (Wildman–Crippen LogP) is 1.50. The molecule has 0 aliphatic rings. The largest absolute Gasteiger partial charge is 0.497 e. The van der Waals surface area contributed by atoms with Crippen molar-refractivity contribution in [2.45, 2.75) is 19.4 Å². The minimum atomic E-state index is -0.983. The number of nitrogens with zero attached hydrogens (tertiary/aromatic N) is 3. The molecule has 0 fully saturated rings. The summed E-state index contributed by atoms with van der Waals surface area (Å²) in [6.07, 6.45) is 1.56. The lowest BCUT2D eigenvalue weighted by molar-refractivity contribution is 0.0711. The van der Waals surface area contributed by atoms with Crippen LogP contribution in [0.3, 0.4) is 0 Å². The van der Waals surface area contributed by atoms with Crippen molar-refractivity contribution in [2.24, 2.45) is 0 Å². The van der Waals surface area contributed by atoms with E-state index in [0.717, 1.165) is 11.4 Å². The van der Waals surface area contributed by atoms with Crippen LogP contribution in [0.5, 0.6) is 5.75 Å². The fourth-order valence-corrected chi connectivity index (χ4v) is 1.57. The molecule has 0 spiro atoms. The number of ether oxygens (including phenoxy) is 1. The highest BCUT2D eigenvalue weighted by atomic mass is 16.5. The third-order valence-electron chi connectivity index (χ3n) is 2.49. The lowest BCUT2D eigenvalue weighted by atomic mass is 10.1. The summed E-state index contributed by atoms with van der Waals surface area (Å²) in [5.74, 6) is 0.777. The fourth-order valence-electron chi connectivity index (χ4n) is 1.57. The maximum absolute atomic E-state index is 10.00. The second-order valence-electron chi connectivity index (χ2n) is 4.29. The quantitative estimate of drug-likeness (QED) is 0.872. The molecule has 0 aliphatic carbocycles. The van der Waals surface area contributed by atoms with Gasteiger partial charge in [-0.3, -0.25) is 0 Å². The summed E-state index contributed by atoms with van der Waals surface area (Å²) in [5, 5.41) is 17.8. The van der Waals surface area contributed by atoms with Crippen LogP contribution in [0.15, 0.2) is 30.5 Å². The van der Waals surface area contributed by atoms with E-state index < -0.39 is 5.60 Å². The Labute approximate surface area is 99.7 Å². The van der Waals surface area contributed by atoms with Crippen molar-refractivity contribution in [1.29, 1.82) is 0 Å². The zero-order chi connectivity index (χ0) is 12.5. The Morgan fingerprint density at radius 2 is 1.88 bits per heavy atom. The molecular formula is C12H15N3O2. The van der Waals surface area contributed by atoms with Gasteiger partial charge in [-0.2, -0.15) is 0 Å². The van der Waals surface area contributed by atoms with Crippen LogP contribution in [-0.2, 0) is 5.60 Å². The molecule has 1 heterocycles. The van der Waals surface area contributed by atoms with Gasteiger partial charge in [0.25, 0.3) is 0 Å². The van der Waals surface area contributed by atoms with Gasteiger partial charge in [-0.05, 0) is 38.1 Å². The molecule has 0 aliphatic heterocycles. The van der Waals surface area contributed by atoms with E-state index in [1.165, 1.54) is 0 Å². The highest BCUT2D eigenvalue weighted by molar-refractivity contribution is 5.38. The standard InChI is InChI=1S/C12H15N3O2/c1-12(2,16)11-8-13-14-15(11)9-4-6-10(17-3)7-5-9/h4-8,16H,1-3H3. The Bertz CT molecular complexity index is 497. The van der Waals surface area contributed by atoms with Gasteiger partial charge in [0.15, 0.2) is 0 Å². The molecule has 17 heavy (non-hydrogen) atoms. The lowest BCUT2D eigenvalue weighted by Crippen LogP contribution is -2.20. The van der Waals surface area contributed by atoms with Crippen LogP contribution in [0.2, 0.25) is 0 Å². The molecule has 1 N–H and O–H groups in total. The minimum Gasteiger partial charge on any atom is -0.497 e. The van der Waals surface area contributed by atoms with Gasteiger partial charge in [0, 0.05) is 0 Å². The van der Waals surface area contributed by atoms with Crippen molar-refractivity contribution in [3.63, 3.8) is 0 Å². The van der Waals surface area contributed by atoms with Crippen LogP contribution in [0.25, 0.3) is 5.69 Å². The molecule has 2 rings (SSSR count). The summed E-state index contributed by atoms with van der Waals surface area (Å²) < 4.78 is 6.70. The van der Waals surface area contributed by atoms with Gasteiger partial charge in [0.1, 0.15) is 11.4 Å². The maximum atomic E-state index is 10.00. The summed E-state index contributed by atoms with van der Waals surface area (Å²) in [5.41, 5.74) is 0.492. The number of hydrogen-bond acceptors (Lipinski definition) is 4. The molecular weight excluding hydrogens is 218 g/mol. The summed E-state index contributed by atoms with van der Waals surface area (Å²) in [6.45, 7) is 3.40. The molecule has 90 valence electrons. The van der Waals surface area contributed by atoms with E-state index in [1.54, 1.807) is 31.8 Å². The normalized spacial score (nSPS) is 11.5. The molecule has 0 saturated carbocycles. The van der Waals surface area contributed by atoms with Gasteiger partial charge < -0.3 is 9.84 Å². The van der Waals surface area contributed by atoms with Crippen molar-refractivity contribution in [3.8, 4) is 11.4 Å². The summed E-state index contributed by atoms with van der Waals surface area (Å²) in [6, 6.07) is 7.40. The molecule has 0 amide bonds. The summed E-state index contributed by atoms with van der Waals surface area (Å²) >= 11 is 0. The number of aromatic nitrogens is 3. The van der Waals surface area contributed by atoms with E-state index in [4.69, 9.17) is 4.74 Å². The number of benzene rings is 1. The third-order valence-corrected chi connectivity index (χ3v) is 2.49. The summed E-state index contributed by atoms with van der Waals surface area (Å²) in [7, 11) is 1.62. The molecule has 5 nitrogen and oxygen atoms in total. The van der Waals surface area contributed by atoms with Crippen LogP contribution >= 0.6 is 0 Å². The second-order valence-corrected chi connectivity index (χ2v) is 4.29. The zero-order valence-electron chi connectivity index (χ0n) is 10.1. The van der Waals surface area contributed by atoms with E-state index >= 15 is 0 Å². The van der Waals surface area contributed by atoms with Crippen LogP contribution in [0, 0.1) is 0 Å². The highest BCUT2D eigenvalue weighted by Crippen LogP contribution is 2.22. The Hall–Kier alpha value is -1.88. The van der Waals surface area contributed by atoms with Crippen molar-refractivity contribution >= 4 is 0 Å². The van der Waals surface area contributed by atoms with Crippen LogP contribution < -0.4 is 4.74 Å². The fraction of sp³-hybridized carbons (Fsp3) is 0.333. The first kappa shape index (κ1) is 11.6. The molecule has 0 radical (unpaired) electrons. The molecule has 0 saturated heterocycles. The van der Waals surface area contributed by atoms with Gasteiger partial charge in [-0.15, -0.1) is 5.10 Å². The number of methoxy groups -OCH3 is 1. The van der Waals surface area contributed by atoms with Crippen molar-refractivity contribution in [1.82, 2.24) is 15.0 Å². The first-order valence-electron chi connectivity index (χ1n) is 5.30. The second kappa shape index (κ2) is 4.18. The Morgan fingerprint density at radius 1 is 1.24 bits per heavy atom. The van der Waals surface area contributed by atoms with Crippen molar-refractivity contribution in [2.75, 3.05) is 7.11 Å². The van der Waals surface area contributed by atoms with E-state index in [0.29, 0.717) is 5.69 Å². The topological polar surface area (TPSA) is 60.2 Å². The van der Waals surface area contributed by atoms with Crippen molar-refractivity contribution in [3.05, 3.63) is 36.2 Å². The average Bonchev–Trinajstić information content (AvgIpc) is 2.78. The zero-order valence-corrected chi connectivity index (χ0v) is 10.1. The molecule has 0 bridgehead atoms.